The number of nitrogens with zero attached hydrogens (tertiary/aromatic N) is 1. The van der Waals surface area contributed by atoms with Crippen molar-refractivity contribution in [2.45, 2.75) is 82.2 Å². The molecule has 0 bridgehead atoms. The van der Waals surface area contributed by atoms with Gasteiger partial charge in [0.2, 0.25) is 0 Å². The molecule has 1 aromatic heterocycles. The molecule has 2 saturated heterocycles. The molecule has 1 N–H and O–H groups in total. The Morgan fingerprint density at radius 3 is 2.47 bits per heavy atom. The quantitative estimate of drug-likeness (QED) is 0.553. The summed E-state index contributed by atoms with van der Waals surface area (Å²) in [4.78, 5) is 27.2. The van der Waals surface area contributed by atoms with E-state index >= 15 is 0 Å². The third-order valence-electron chi connectivity index (χ3n) is 5.94. The summed E-state index contributed by atoms with van der Waals surface area (Å²) < 4.78 is 49.9. The Morgan fingerprint density at radius 2 is 1.79 bits per heavy atom. The van der Waals surface area contributed by atoms with Gasteiger partial charge in [-0.15, -0.1) is 0 Å². The second-order valence-electron chi connectivity index (χ2n) is 9.11. The number of H-pyrrole nitrogens is 1. The molecule has 2 aliphatic rings. The maximum Gasteiger partial charge on any atom is 0.330 e. The van der Waals surface area contributed by atoms with Gasteiger partial charge in [0.05, 0.1) is 11.5 Å². The molecular formula is C23H30N2O8S. The van der Waals surface area contributed by atoms with Crippen molar-refractivity contribution < 1.29 is 26.8 Å². The summed E-state index contributed by atoms with van der Waals surface area (Å²) in [5.41, 5.74) is 0.307. The fourth-order valence-electron chi connectivity index (χ4n) is 4.21. The standard InChI is InChI=1S/C23H30N2O8S/c1-5-6-7-15-12-25(22(27)24-20(15)26)21-19-18(32-23(3,4)33-19)17(31-21)13-30-34(28,29)16-10-8-14(2)9-11-16/h8-12,17-19,21H,5-7,13H2,1-4H3,(H,24,26,27)/t17-,18-,19-,21-/m1/s1. The number of nitrogens with one attached hydrogen (secondary N) is 1. The number of aromatic nitrogens is 2. The monoisotopic (exact) mass is 494 g/mol. The van der Waals surface area contributed by atoms with E-state index in [1.807, 2.05) is 13.8 Å². The Kier molecular flexibility index (Phi) is 6.85. The fraction of sp³-hybridized carbons (Fsp3) is 0.565. The van der Waals surface area contributed by atoms with E-state index in [4.69, 9.17) is 18.4 Å². The van der Waals surface area contributed by atoms with Gasteiger partial charge in [-0.2, -0.15) is 8.42 Å². The van der Waals surface area contributed by atoms with Gasteiger partial charge in [0.1, 0.15) is 18.3 Å². The van der Waals surface area contributed by atoms with E-state index in [-0.39, 0.29) is 11.5 Å². The SMILES string of the molecule is CCCCc1cn([C@@H]2O[C@H](COS(=O)(=O)c3ccc(C)cc3)[C@H]3OC(C)(C)O[C@H]32)c(=O)[nH]c1=O. The van der Waals surface area contributed by atoms with E-state index in [2.05, 4.69) is 4.98 Å². The van der Waals surface area contributed by atoms with Crippen LogP contribution in [0.5, 0.6) is 0 Å². The minimum Gasteiger partial charge on any atom is -0.346 e. The third-order valence-corrected chi connectivity index (χ3v) is 7.23. The van der Waals surface area contributed by atoms with Crippen molar-refractivity contribution in [1.29, 1.82) is 0 Å². The van der Waals surface area contributed by atoms with E-state index in [1.165, 1.54) is 22.9 Å². The zero-order valence-corrected chi connectivity index (χ0v) is 20.5. The largest absolute Gasteiger partial charge is 0.346 e. The lowest BCUT2D eigenvalue weighted by atomic mass is 10.1. The molecule has 0 amide bonds. The number of hydrogen-bond acceptors (Lipinski definition) is 8. The highest BCUT2D eigenvalue weighted by Crippen LogP contribution is 2.42. The minimum atomic E-state index is -4.03. The van der Waals surface area contributed by atoms with Crippen molar-refractivity contribution in [3.8, 4) is 0 Å². The van der Waals surface area contributed by atoms with Gasteiger partial charge in [0, 0.05) is 11.8 Å². The summed E-state index contributed by atoms with van der Waals surface area (Å²) in [6.45, 7) is 7.00. The second kappa shape index (κ2) is 9.38. The molecule has 186 valence electrons. The molecule has 2 aromatic rings. The van der Waals surface area contributed by atoms with Crippen LogP contribution in [0, 0.1) is 6.92 Å². The van der Waals surface area contributed by atoms with Crippen molar-refractivity contribution in [1.82, 2.24) is 9.55 Å². The van der Waals surface area contributed by atoms with Crippen LogP contribution in [0.25, 0.3) is 0 Å². The molecule has 10 nitrogen and oxygen atoms in total. The molecule has 4 atom stereocenters. The number of aryl methyl sites for hydroxylation is 2. The van der Waals surface area contributed by atoms with Crippen LogP contribution in [0.3, 0.4) is 0 Å². The molecule has 0 aliphatic carbocycles. The summed E-state index contributed by atoms with van der Waals surface area (Å²) in [7, 11) is -4.03. The van der Waals surface area contributed by atoms with Gasteiger partial charge < -0.3 is 14.2 Å². The number of fused-ring (bicyclic) bond motifs is 1. The van der Waals surface area contributed by atoms with Crippen LogP contribution in [-0.2, 0) is 34.9 Å². The molecule has 2 aliphatic heterocycles. The summed E-state index contributed by atoms with van der Waals surface area (Å²) in [5.74, 6) is -0.970. The molecule has 3 heterocycles. The van der Waals surface area contributed by atoms with Crippen LogP contribution >= 0.6 is 0 Å². The van der Waals surface area contributed by atoms with Gasteiger partial charge in [-0.25, -0.2) is 4.79 Å². The maximum absolute atomic E-state index is 12.7. The zero-order chi connectivity index (χ0) is 24.7. The fourth-order valence-corrected chi connectivity index (χ4v) is 5.13. The van der Waals surface area contributed by atoms with Gasteiger partial charge in [0.15, 0.2) is 12.0 Å². The average molecular weight is 495 g/mol. The molecule has 34 heavy (non-hydrogen) atoms. The second-order valence-corrected chi connectivity index (χ2v) is 10.7. The number of rotatable bonds is 8. The van der Waals surface area contributed by atoms with Crippen LogP contribution in [0.2, 0.25) is 0 Å². The number of benzene rings is 1. The Bertz CT molecular complexity index is 1250. The molecular weight excluding hydrogens is 464 g/mol. The summed E-state index contributed by atoms with van der Waals surface area (Å²) >= 11 is 0. The Labute approximate surface area is 197 Å². The van der Waals surface area contributed by atoms with E-state index in [9.17, 15) is 18.0 Å². The number of ether oxygens (including phenoxy) is 3. The van der Waals surface area contributed by atoms with Crippen molar-refractivity contribution >= 4 is 10.1 Å². The van der Waals surface area contributed by atoms with Crippen LogP contribution in [0.1, 0.15) is 51.0 Å². The highest BCUT2D eigenvalue weighted by atomic mass is 32.2. The molecule has 0 radical (unpaired) electrons. The predicted molar refractivity (Wildman–Crippen MR) is 122 cm³/mol. The molecule has 2 fully saturated rings. The Balaban J connectivity index is 1.59. The zero-order valence-electron chi connectivity index (χ0n) is 19.6. The third kappa shape index (κ3) is 5.03. The first kappa shape index (κ1) is 24.8. The predicted octanol–water partition coefficient (Wildman–Crippen LogP) is 2.01. The first-order chi connectivity index (χ1) is 16.0. The molecule has 0 unspecified atom stereocenters. The molecule has 1 aromatic carbocycles. The van der Waals surface area contributed by atoms with Crippen molar-refractivity contribution in [3.05, 3.63) is 62.4 Å². The number of hydrogen-bond donors (Lipinski definition) is 1. The highest BCUT2D eigenvalue weighted by Gasteiger charge is 2.56. The van der Waals surface area contributed by atoms with Gasteiger partial charge in [-0.3, -0.25) is 18.5 Å². The lowest BCUT2D eigenvalue weighted by Crippen LogP contribution is -2.38. The summed E-state index contributed by atoms with van der Waals surface area (Å²) in [6, 6.07) is 6.32. The summed E-state index contributed by atoms with van der Waals surface area (Å²) in [6.07, 6.45) is 0.556. The topological polar surface area (TPSA) is 126 Å². The molecule has 4 rings (SSSR count). The van der Waals surface area contributed by atoms with E-state index in [0.717, 1.165) is 18.4 Å². The minimum absolute atomic E-state index is 0.0329. The first-order valence-electron chi connectivity index (χ1n) is 11.3. The smallest absolute Gasteiger partial charge is 0.330 e. The van der Waals surface area contributed by atoms with Gasteiger partial charge >= 0.3 is 5.69 Å². The van der Waals surface area contributed by atoms with E-state index in [0.29, 0.717) is 12.0 Å². The van der Waals surface area contributed by atoms with Crippen LogP contribution in [-0.4, -0.2) is 48.7 Å². The van der Waals surface area contributed by atoms with Gasteiger partial charge in [-0.1, -0.05) is 31.0 Å². The van der Waals surface area contributed by atoms with Gasteiger partial charge in [-0.05, 0) is 45.7 Å². The Hall–Kier alpha value is -2.31. The van der Waals surface area contributed by atoms with Crippen molar-refractivity contribution in [2.24, 2.45) is 0 Å². The van der Waals surface area contributed by atoms with Crippen LogP contribution in [0.4, 0.5) is 0 Å². The lowest BCUT2D eigenvalue weighted by molar-refractivity contribution is -0.199. The van der Waals surface area contributed by atoms with Crippen molar-refractivity contribution in [2.75, 3.05) is 6.61 Å². The van der Waals surface area contributed by atoms with Crippen LogP contribution < -0.4 is 11.2 Å². The molecule has 0 spiro atoms. The van der Waals surface area contributed by atoms with E-state index in [1.54, 1.807) is 26.0 Å². The average Bonchev–Trinajstić information content (AvgIpc) is 3.25. The molecule has 0 saturated carbocycles. The molecule has 11 heteroatoms. The van der Waals surface area contributed by atoms with Crippen LogP contribution in [0.15, 0.2) is 44.9 Å². The first-order valence-corrected chi connectivity index (χ1v) is 12.7. The van der Waals surface area contributed by atoms with Crippen molar-refractivity contribution in [3.63, 3.8) is 0 Å². The Morgan fingerprint density at radius 1 is 1.12 bits per heavy atom. The summed E-state index contributed by atoms with van der Waals surface area (Å²) in [5, 5.41) is 0. The van der Waals surface area contributed by atoms with E-state index < -0.39 is 51.7 Å². The lowest BCUT2D eigenvalue weighted by Gasteiger charge is -2.25. The number of aromatic amines is 1. The van der Waals surface area contributed by atoms with Gasteiger partial charge in [0.25, 0.3) is 15.7 Å². The maximum atomic E-state index is 12.7. The normalized spacial score (nSPS) is 26.0. The highest BCUT2D eigenvalue weighted by molar-refractivity contribution is 7.86. The number of unbranched alkanes of at least 4 members (excludes halogenated alkanes) is 1.